The summed E-state index contributed by atoms with van der Waals surface area (Å²) in [7, 11) is -4.63. The maximum Gasteiger partial charge on any atom is 0.341 e. The number of halogens is 2. The van der Waals surface area contributed by atoms with Crippen LogP contribution in [0.1, 0.15) is 30.1 Å². The van der Waals surface area contributed by atoms with Crippen LogP contribution in [0.2, 0.25) is 0 Å². The van der Waals surface area contributed by atoms with E-state index in [0.717, 1.165) is 25.2 Å². The third kappa shape index (κ3) is 4.26. The van der Waals surface area contributed by atoms with Crippen molar-refractivity contribution >= 4 is 15.7 Å². The Morgan fingerprint density at radius 1 is 1.22 bits per heavy atom. The van der Waals surface area contributed by atoms with Crippen molar-refractivity contribution in [1.29, 1.82) is 0 Å². The first-order valence-corrected chi connectivity index (χ1v) is 9.01. The molecule has 0 radical (unpaired) electrons. The molecule has 0 aromatic heterocycles. The molecule has 1 heterocycles. The van der Waals surface area contributed by atoms with Gasteiger partial charge in [-0.2, -0.15) is 8.78 Å². The van der Waals surface area contributed by atoms with Gasteiger partial charge < -0.3 is 5.32 Å². The van der Waals surface area contributed by atoms with Crippen LogP contribution in [0.25, 0.3) is 0 Å². The van der Waals surface area contributed by atoms with E-state index in [0.29, 0.717) is 6.54 Å². The van der Waals surface area contributed by atoms with Crippen LogP contribution in [0.5, 0.6) is 0 Å². The fourth-order valence-electron chi connectivity index (χ4n) is 2.55. The lowest BCUT2D eigenvalue weighted by atomic mass is 10.2. The van der Waals surface area contributed by atoms with E-state index in [9.17, 15) is 22.0 Å². The van der Waals surface area contributed by atoms with Gasteiger partial charge in [0.15, 0.2) is 0 Å². The zero-order valence-corrected chi connectivity index (χ0v) is 13.7. The Bertz CT molecular complexity index is 641. The lowest BCUT2D eigenvalue weighted by molar-refractivity contribution is 0.0940. The molecule has 0 aliphatic carbocycles. The molecular formula is C15H20F2N2O3S. The summed E-state index contributed by atoms with van der Waals surface area (Å²) in [5.74, 6) is -3.82. The van der Waals surface area contributed by atoms with Crippen molar-refractivity contribution in [2.75, 3.05) is 19.6 Å². The number of nitrogens with zero attached hydrogens (tertiary/aromatic N) is 1. The van der Waals surface area contributed by atoms with E-state index in [2.05, 4.69) is 10.2 Å². The predicted molar refractivity (Wildman–Crippen MR) is 82.2 cm³/mol. The minimum Gasteiger partial charge on any atom is -0.350 e. The highest BCUT2D eigenvalue weighted by Crippen LogP contribution is 2.18. The Labute approximate surface area is 134 Å². The summed E-state index contributed by atoms with van der Waals surface area (Å²) in [6.45, 7) is 4.56. The molecule has 0 spiro atoms. The number of alkyl halides is 2. The van der Waals surface area contributed by atoms with Gasteiger partial charge in [-0.25, -0.2) is 8.42 Å². The van der Waals surface area contributed by atoms with Crippen molar-refractivity contribution in [1.82, 2.24) is 10.2 Å². The van der Waals surface area contributed by atoms with E-state index in [1.54, 1.807) is 0 Å². The quantitative estimate of drug-likeness (QED) is 0.854. The molecule has 1 N–H and O–H groups in total. The summed E-state index contributed by atoms with van der Waals surface area (Å²) in [6.07, 6.45) is 2.33. The number of carbonyl (C=O) groups is 1. The zero-order valence-electron chi connectivity index (χ0n) is 12.8. The van der Waals surface area contributed by atoms with Crippen molar-refractivity contribution < 1.29 is 22.0 Å². The normalized spacial score (nSPS) is 17.4. The van der Waals surface area contributed by atoms with Gasteiger partial charge in [0.2, 0.25) is 9.84 Å². The molecule has 1 saturated heterocycles. The number of nitrogens with one attached hydrogen (secondary N) is 1. The van der Waals surface area contributed by atoms with E-state index in [-0.39, 0.29) is 17.5 Å². The summed E-state index contributed by atoms with van der Waals surface area (Å²) in [4.78, 5) is 13.8. The smallest absolute Gasteiger partial charge is 0.341 e. The average Bonchev–Trinajstić information content (AvgIpc) is 3.06. The Balaban J connectivity index is 1.95. The molecule has 0 bridgehead atoms. The molecule has 1 aliphatic rings. The standard InChI is InChI=1S/C15H20F2N2O3S/c1-11(19-8-2-3-9-19)10-18-14(20)12-4-6-13(7-5-12)23(21,22)15(16)17/h4-7,11,15H,2-3,8-10H2,1H3,(H,18,20)/t11-/m0/s1. The van der Waals surface area contributed by atoms with E-state index in [4.69, 9.17) is 0 Å². The summed E-state index contributed by atoms with van der Waals surface area (Å²) >= 11 is 0. The highest BCUT2D eigenvalue weighted by molar-refractivity contribution is 7.91. The molecule has 0 unspecified atom stereocenters. The summed E-state index contributed by atoms with van der Waals surface area (Å²) in [5, 5.41) is 2.78. The predicted octanol–water partition coefficient (Wildman–Crippen LogP) is 1.90. The Morgan fingerprint density at radius 2 is 1.78 bits per heavy atom. The van der Waals surface area contributed by atoms with Crippen molar-refractivity contribution in [3.8, 4) is 0 Å². The number of hydrogen-bond acceptors (Lipinski definition) is 4. The maximum absolute atomic E-state index is 12.4. The van der Waals surface area contributed by atoms with Crippen LogP contribution < -0.4 is 5.32 Å². The second-order valence-corrected chi connectivity index (χ2v) is 7.55. The number of sulfone groups is 1. The number of amides is 1. The first-order chi connectivity index (χ1) is 10.8. The van der Waals surface area contributed by atoms with Gasteiger partial charge in [0.25, 0.3) is 5.91 Å². The molecular weight excluding hydrogens is 326 g/mol. The summed E-state index contributed by atoms with van der Waals surface area (Å²) in [6, 6.07) is 4.76. The summed E-state index contributed by atoms with van der Waals surface area (Å²) < 4.78 is 47.5. The topological polar surface area (TPSA) is 66.5 Å². The van der Waals surface area contributed by atoms with Gasteiger partial charge in [0.1, 0.15) is 0 Å². The average molecular weight is 346 g/mol. The van der Waals surface area contributed by atoms with Gasteiger partial charge in [0.05, 0.1) is 4.90 Å². The van der Waals surface area contributed by atoms with Gasteiger partial charge in [-0.3, -0.25) is 9.69 Å². The molecule has 1 aromatic carbocycles. The van der Waals surface area contributed by atoms with Crippen molar-refractivity contribution in [3.63, 3.8) is 0 Å². The second kappa shape index (κ2) is 7.35. The van der Waals surface area contributed by atoms with Crippen molar-refractivity contribution in [3.05, 3.63) is 29.8 Å². The molecule has 2 rings (SSSR count). The maximum atomic E-state index is 12.4. The number of hydrogen-bond donors (Lipinski definition) is 1. The van der Waals surface area contributed by atoms with Crippen molar-refractivity contribution in [2.24, 2.45) is 0 Å². The van der Waals surface area contributed by atoms with Gasteiger partial charge in [-0.15, -0.1) is 0 Å². The Hall–Kier alpha value is -1.54. The SMILES string of the molecule is C[C@@H](CNC(=O)c1ccc(S(=O)(=O)C(F)F)cc1)N1CCCC1. The van der Waals surface area contributed by atoms with Crippen LogP contribution in [-0.4, -0.2) is 50.7 Å². The molecule has 1 atom stereocenters. The van der Waals surface area contributed by atoms with Gasteiger partial charge in [-0.05, 0) is 57.1 Å². The minimum absolute atomic E-state index is 0.222. The van der Waals surface area contributed by atoms with Crippen LogP contribution in [0.3, 0.4) is 0 Å². The first kappa shape index (κ1) is 17.8. The molecule has 5 nitrogen and oxygen atoms in total. The third-order valence-electron chi connectivity index (χ3n) is 4.00. The van der Waals surface area contributed by atoms with E-state index < -0.39 is 20.5 Å². The van der Waals surface area contributed by atoms with E-state index >= 15 is 0 Å². The highest BCUT2D eigenvalue weighted by Gasteiger charge is 2.26. The largest absolute Gasteiger partial charge is 0.350 e. The summed E-state index contributed by atoms with van der Waals surface area (Å²) in [5.41, 5.74) is 0.242. The number of benzene rings is 1. The van der Waals surface area contributed by atoms with Gasteiger partial charge in [0, 0.05) is 18.2 Å². The fraction of sp³-hybridized carbons (Fsp3) is 0.533. The molecule has 23 heavy (non-hydrogen) atoms. The number of rotatable bonds is 6. The molecule has 1 aromatic rings. The Kier molecular flexibility index (Phi) is 5.69. The number of carbonyl (C=O) groups excluding carboxylic acids is 1. The Morgan fingerprint density at radius 3 is 2.30 bits per heavy atom. The molecule has 1 fully saturated rings. The molecule has 128 valence electrons. The molecule has 8 heteroatoms. The fourth-order valence-corrected chi connectivity index (χ4v) is 3.27. The molecule has 1 amide bonds. The van der Waals surface area contributed by atoms with Gasteiger partial charge >= 0.3 is 5.76 Å². The van der Waals surface area contributed by atoms with Crippen LogP contribution >= 0.6 is 0 Å². The minimum atomic E-state index is -4.63. The zero-order chi connectivity index (χ0) is 17.0. The highest BCUT2D eigenvalue weighted by atomic mass is 32.2. The van der Waals surface area contributed by atoms with E-state index in [1.807, 2.05) is 6.92 Å². The lowest BCUT2D eigenvalue weighted by Gasteiger charge is -2.23. The second-order valence-electron chi connectivity index (χ2n) is 5.63. The first-order valence-electron chi connectivity index (χ1n) is 7.46. The van der Waals surface area contributed by atoms with Crippen molar-refractivity contribution in [2.45, 2.75) is 36.5 Å². The molecule has 1 aliphatic heterocycles. The molecule has 0 saturated carbocycles. The van der Waals surface area contributed by atoms with Crippen LogP contribution in [-0.2, 0) is 9.84 Å². The van der Waals surface area contributed by atoms with Crippen LogP contribution in [0, 0.1) is 0 Å². The third-order valence-corrected chi connectivity index (χ3v) is 5.40. The van der Waals surface area contributed by atoms with Crippen LogP contribution in [0.4, 0.5) is 8.78 Å². The van der Waals surface area contributed by atoms with E-state index in [1.165, 1.54) is 25.0 Å². The van der Waals surface area contributed by atoms with Gasteiger partial charge in [-0.1, -0.05) is 0 Å². The monoisotopic (exact) mass is 346 g/mol. The number of likely N-dealkylation sites (tertiary alicyclic amines) is 1. The van der Waals surface area contributed by atoms with Crippen LogP contribution in [0.15, 0.2) is 29.2 Å². The lowest BCUT2D eigenvalue weighted by Crippen LogP contribution is -2.40.